The van der Waals surface area contributed by atoms with Gasteiger partial charge in [-0.1, -0.05) is 25.8 Å². The third-order valence-corrected chi connectivity index (χ3v) is 4.72. The number of aliphatic carboxylic acids is 1. The number of carboxylic acid groups (broad SMARTS) is 1. The van der Waals surface area contributed by atoms with Crippen LogP contribution < -0.4 is 14.8 Å². The molecule has 0 bridgehead atoms. The Morgan fingerprint density at radius 1 is 1.29 bits per heavy atom. The van der Waals surface area contributed by atoms with Crippen LogP contribution in [0, 0.1) is 17.2 Å². The predicted octanol–water partition coefficient (Wildman–Crippen LogP) is 3.15. The van der Waals surface area contributed by atoms with Crippen LogP contribution in [0.15, 0.2) is 23.8 Å². The van der Waals surface area contributed by atoms with E-state index in [2.05, 4.69) is 12.2 Å². The van der Waals surface area contributed by atoms with E-state index in [9.17, 15) is 14.9 Å². The maximum atomic E-state index is 12.5. The Morgan fingerprint density at radius 2 is 2.04 bits per heavy atom. The van der Waals surface area contributed by atoms with E-state index in [1.807, 2.05) is 6.07 Å². The Kier molecular flexibility index (Phi) is 7.88. The number of carbonyl (C=O) groups excluding carboxylic acids is 1. The number of rotatable bonds is 8. The highest BCUT2D eigenvalue weighted by atomic mass is 16.5. The molecule has 1 aliphatic rings. The lowest BCUT2D eigenvalue weighted by Gasteiger charge is -2.29. The third-order valence-electron chi connectivity index (χ3n) is 4.72. The van der Waals surface area contributed by atoms with E-state index in [0.29, 0.717) is 29.6 Å². The van der Waals surface area contributed by atoms with Gasteiger partial charge in [0.25, 0.3) is 5.91 Å². The van der Waals surface area contributed by atoms with Crippen LogP contribution in [0.25, 0.3) is 6.08 Å². The molecule has 1 amide bonds. The summed E-state index contributed by atoms with van der Waals surface area (Å²) in [5.41, 5.74) is 0.606. The molecule has 7 heteroatoms. The molecule has 0 unspecified atom stereocenters. The summed E-state index contributed by atoms with van der Waals surface area (Å²) < 4.78 is 10.7. The summed E-state index contributed by atoms with van der Waals surface area (Å²) in [6.07, 6.45) is 5.75. The lowest BCUT2D eigenvalue weighted by Crippen LogP contribution is -2.41. The highest BCUT2D eigenvalue weighted by molar-refractivity contribution is 6.01. The Bertz CT molecular complexity index is 781. The molecule has 1 aromatic rings. The summed E-state index contributed by atoms with van der Waals surface area (Å²) in [6, 6.07) is 6.88. The van der Waals surface area contributed by atoms with Gasteiger partial charge in [0, 0.05) is 6.04 Å². The van der Waals surface area contributed by atoms with Gasteiger partial charge in [0.15, 0.2) is 18.1 Å². The highest BCUT2D eigenvalue weighted by Gasteiger charge is 2.24. The molecule has 150 valence electrons. The Hall–Kier alpha value is -3.01. The average Bonchev–Trinajstić information content (AvgIpc) is 2.67. The van der Waals surface area contributed by atoms with Crippen LogP contribution in [0.1, 0.15) is 45.1 Å². The first-order valence-electron chi connectivity index (χ1n) is 9.48. The van der Waals surface area contributed by atoms with Gasteiger partial charge in [0.2, 0.25) is 0 Å². The second-order valence-corrected chi connectivity index (χ2v) is 6.83. The molecule has 2 rings (SSSR count). The lowest BCUT2D eigenvalue weighted by atomic mass is 9.86. The zero-order valence-electron chi connectivity index (χ0n) is 16.2. The van der Waals surface area contributed by atoms with Crippen LogP contribution in [-0.2, 0) is 9.59 Å². The molecule has 2 atom stereocenters. The quantitative estimate of drug-likeness (QED) is 0.525. The molecule has 28 heavy (non-hydrogen) atoms. The van der Waals surface area contributed by atoms with E-state index in [1.54, 1.807) is 25.1 Å². The van der Waals surface area contributed by atoms with Crippen molar-refractivity contribution in [3.8, 4) is 17.6 Å². The number of ether oxygens (including phenoxy) is 2. The van der Waals surface area contributed by atoms with Crippen LogP contribution in [-0.4, -0.2) is 36.2 Å². The molecule has 0 heterocycles. The van der Waals surface area contributed by atoms with Crippen LogP contribution in [0.2, 0.25) is 0 Å². The minimum atomic E-state index is -1.09. The molecule has 0 aromatic heterocycles. The van der Waals surface area contributed by atoms with E-state index in [-0.39, 0.29) is 17.5 Å². The molecule has 1 aliphatic carbocycles. The molecule has 1 fully saturated rings. The van der Waals surface area contributed by atoms with E-state index < -0.39 is 12.6 Å². The Labute approximate surface area is 164 Å². The van der Waals surface area contributed by atoms with Crippen molar-refractivity contribution in [2.45, 2.75) is 45.6 Å². The second kappa shape index (κ2) is 10.4. The van der Waals surface area contributed by atoms with Gasteiger partial charge in [-0.15, -0.1) is 0 Å². The average molecular weight is 386 g/mol. The number of amides is 1. The molecule has 0 saturated heterocycles. The number of nitrogens with zero attached hydrogens (tertiary/aromatic N) is 1. The van der Waals surface area contributed by atoms with Crippen molar-refractivity contribution in [2.24, 2.45) is 5.92 Å². The molecular weight excluding hydrogens is 360 g/mol. The van der Waals surface area contributed by atoms with E-state index in [0.717, 1.165) is 19.3 Å². The zero-order valence-corrected chi connectivity index (χ0v) is 16.2. The first-order valence-corrected chi connectivity index (χ1v) is 9.48. The molecule has 0 spiro atoms. The molecule has 1 saturated carbocycles. The lowest BCUT2D eigenvalue weighted by molar-refractivity contribution is -0.139. The summed E-state index contributed by atoms with van der Waals surface area (Å²) in [5.74, 6) is -0.429. The van der Waals surface area contributed by atoms with Gasteiger partial charge in [-0.05, 0) is 49.5 Å². The minimum absolute atomic E-state index is 0.0134. The van der Waals surface area contributed by atoms with Crippen molar-refractivity contribution < 1.29 is 24.2 Å². The molecule has 0 radical (unpaired) electrons. The molecule has 1 aromatic carbocycles. The van der Waals surface area contributed by atoms with Crippen LogP contribution >= 0.6 is 0 Å². The summed E-state index contributed by atoms with van der Waals surface area (Å²) in [6.45, 7) is 3.79. The molecule has 7 nitrogen and oxygen atoms in total. The van der Waals surface area contributed by atoms with Gasteiger partial charge in [0.1, 0.15) is 11.6 Å². The summed E-state index contributed by atoms with van der Waals surface area (Å²) in [5, 5.41) is 21.2. The summed E-state index contributed by atoms with van der Waals surface area (Å²) in [7, 11) is 0. The first kappa shape index (κ1) is 21.3. The van der Waals surface area contributed by atoms with Crippen molar-refractivity contribution >= 4 is 18.0 Å². The van der Waals surface area contributed by atoms with E-state index in [4.69, 9.17) is 14.6 Å². The van der Waals surface area contributed by atoms with Crippen LogP contribution in [0.3, 0.4) is 0 Å². The summed E-state index contributed by atoms with van der Waals surface area (Å²) >= 11 is 0. The predicted molar refractivity (Wildman–Crippen MR) is 104 cm³/mol. The van der Waals surface area contributed by atoms with E-state index in [1.165, 1.54) is 12.5 Å². The minimum Gasteiger partial charge on any atom is -0.490 e. The first-order chi connectivity index (χ1) is 13.4. The van der Waals surface area contributed by atoms with Gasteiger partial charge < -0.3 is 19.9 Å². The zero-order chi connectivity index (χ0) is 20.5. The monoisotopic (exact) mass is 386 g/mol. The van der Waals surface area contributed by atoms with Crippen molar-refractivity contribution in [1.29, 1.82) is 5.26 Å². The van der Waals surface area contributed by atoms with Gasteiger partial charge in [-0.3, -0.25) is 4.79 Å². The van der Waals surface area contributed by atoms with E-state index >= 15 is 0 Å². The molecule has 0 aliphatic heterocycles. The number of carboxylic acids is 1. The Balaban J connectivity index is 2.17. The number of nitrogens with one attached hydrogen (secondary N) is 1. The number of carbonyl (C=O) groups is 2. The molecular formula is C21H26N2O5. The van der Waals surface area contributed by atoms with Crippen molar-refractivity contribution in [3.05, 3.63) is 29.3 Å². The standard InChI is InChI=1S/C21H26N2O5/c1-3-27-19-11-15(8-9-18(19)28-13-20(24)25)10-16(12-22)21(26)23-17-7-5-4-6-14(17)2/h8-11,14,17H,3-7,13H2,1-2H3,(H,23,26)(H,24,25)/b16-10+/t14-,17-/m1/s1. The smallest absolute Gasteiger partial charge is 0.341 e. The third kappa shape index (κ3) is 6.02. The number of hydrogen-bond donors (Lipinski definition) is 2. The normalized spacial score (nSPS) is 19.4. The van der Waals surface area contributed by atoms with Crippen molar-refractivity contribution in [1.82, 2.24) is 5.32 Å². The van der Waals surface area contributed by atoms with Gasteiger partial charge in [-0.25, -0.2) is 4.79 Å². The number of benzene rings is 1. The SMILES string of the molecule is CCOc1cc(/C=C(\C#N)C(=O)N[C@@H]2CCCC[C@H]2C)ccc1OCC(=O)O. The van der Waals surface area contributed by atoms with Gasteiger partial charge in [0.05, 0.1) is 6.61 Å². The van der Waals surface area contributed by atoms with Gasteiger partial charge in [-0.2, -0.15) is 5.26 Å². The topological polar surface area (TPSA) is 109 Å². The highest BCUT2D eigenvalue weighted by Crippen LogP contribution is 2.29. The largest absolute Gasteiger partial charge is 0.490 e. The second-order valence-electron chi connectivity index (χ2n) is 6.83. The van der Waals surface area contributed by atoms with Crippen LogP contribution in [0.4, 0.5) is 0 Å². The van der Waals surface area contributed by atoms with Gasteiger partial charge >= 0.3 is 5.97 Å². The van der Waals surface area contributed by atoms with Crippen LogP contribution in [0.5, 0.6) is 11.5 Å². The molecule has 2 N–H and O–H groups in total. The Morgan fingerprint density at radius 3 is 2.68 bits per heavy atom. The van der Waals surface area contributed by atoms with Crippen molar-refractivity contribution in [3.63, 3.8) is 0 Å². The van der Waals surface area contributed by atoms with Crippen molar-refractivity contribution in [2.75, 3.05) is 13.2 Å². The summed E-state index contributed by atoms with van der Waals surface area (Å²) in [4.78, 5) is 23.2. The fourth-order valence-electron chi connectivity index (χ4n) is 3.23. The maximum Gasteiger partial charge on any atom is 0.341 e. The fraction of sp³-hybridized carbons (Fsp3) is 0.476. The number of nitriles is 1. The maximum absolute atomic E-state index is 12.5. The fourth-order valence-corrected chi connectivity index (χ4v) is 3.23. The number of hydrogen-bond acceptors (Lipinski definition) is 5.